The van der Waals surface area contributed by atoms with Crippen LogP contribution in [0.5, 0.6) is 0 Å². The van der Waals surface area contributed by atoms with Crippen molar-refractivity contribution in [3.8, 4) is 0 Å². The molecule has 1 saturated carbocycles. The zero-order valence-corrected chi connectivity index (χ0v) is 12.7. The van der Waals surface area contributed by atoms with Gasteiger partial charge in [-0.25, -0.2) is 4.79 Å². The van der Waals surface area contributed by atoms with E-state index >= 15 is 0 Å². The van der Waals surface area contributed by atoms with Gasteiger partial charge in [-0.15, -0.1) is 0 Å². The lowest BCUT2D eigenvalue weighted by Gasteiger charge is -2.30. The molecule has 20 heavy (non-hydrogen) atoms. The maximum Gasteiger partial charge on any atom is 0.314 e. The van der Waals surface area contributed by atoms with Gasteiger partial charge in [0.05, 0.1) is 5.60 Å². The minimum atomic E-state index is -0.667. The van der Waals surface area contributed by atoms with Gasteiger partial charge in [-0.05, 0) is 38.1 Å². The number of piperidine rings is 1. The number of nitrogens with zero attached hydrogens (tertiary/aromatic N) is 1. The molecule has 1 atom stereocenters. The smallest absolute Gasteiger partial charge is 0.314 e. The predicted molar refractivity (Wildman–Crippen MR) is 79.7 cm³/mol. The van der Waals surface area contributed by atoms with Crippen LogP contribution < -0.4 is 10.6 Å². The Balaban J connectivity index is 1.56. The molecule has 1 aliphatic heterocycles. The van der Waals surface area contributed by atoms with E-state index in [0.717, 1.165) is 51.2 Å². The molecule has 1 aliphatic carbocycles. The van der Waals surface area contributed by atoms with Gasteiger partial charge < -0.3 is 20.6 Å². The van der Waals surface area contributed by atoms with Gasteiger partial charge in [0.25, 0.3) is 0 Å². The first-order valence-electron chi connectivity index (χ1n) is 8.04. The fraction of sp³-hybridized carbons (Fsp3) is 0.933. The number of rotatable bonds is 5. The Morgan fingerprint density at radius 3 is 2.75 bits per heavy atom. The monoisotopic (exact) mass is 283 g/mol. The van der Waals surface area contributed by atoms with Crippen molar-refractivity contribution in [2.24, 2.45) is 5.92 Å². The number of carbonyl (C=O) groups is 1. The second-order valence-corrected chi connectivity index (χ2v) is 6.59. The van der Waals surface area contributed by atoms with E-state index in [1.54, 1.807) is 0 Å². The second-order valence-electron chi connectivity index (χ2n) is 6.59. The summed E-state index contributed by atoms with van der Waals surface area (Å²) in [4.78, 5) is 14.1. The highest BCUT2D eigenvalue weighted by Crippen LogP contribution is 2.28. The van der Waals surface area contributed by atoms with Crippen LogP contribution in [-0.2, 0) is 0 Å². The van der Waals surface area contributed by atoms with Crippen molar-refractivity contribution in [3.63, 3.8) is 0 Å². The number of amides is 2. The van der Waals surface area contributed by atoms with Crippen LogP contribution >= 0.6 is 0 Å². The molecule has 3 N–H and O–H groups in total. The first-order chi connectivity index (χ1) is 9.57. The van der Waals surface area contributed by atoms with Crippen molar-refractivity contribution >= 4 is 6.03 Å². The lowest BCUT2D eigenvalue weighted by Crippen LogP contribution is -2.47. The number of likely N-dealkylation sites (tertiary alicyclic amines) is 1. The molecule has 116 valence electrons. The number of hydrogen-bond acceptors (Lipinski definition) is 3. The van der Waals surface area contributed by atoms with Crippen molar-refractivity contribution in [1.29, 1.82) is 0 Å². The fourth-order valence-corrected chi connectivity index (χ4v) is 3.33. The van der Waals surface area contributed by atoms with Gasteiger partial charge in [-0.1, -0.05) is 19.8 Å². The molecule has 1 saturated heterocycles. The Labute approximate surface area is 122 Å². The predicted octanol–water partition coefficient (Wildman–Crippen LogP) is 1.32. The molecule has 0 bridgehead atoms. The standard InChI is InChI=1S/C15H29N3O2/c1-13-5-4-9-18(11-13)10-8-16-14(19)17-12-15(20)6-2-3-7-15/h13,20H,2-12H2,1H3,(H2,16,17,19). The third kappa shape index (κ3) is 4.94. The summed E-state index contributed by atoms with van der Waals surface area (Å²) in [5, 5.41) is 15.8. The molecule has 0 spiro atoms. The normalized spacial score (nSPS) is 26.4. The molecular weight excluding hydrogens is 254 g/mol. The van der Waals surface area contributed by atoms with Crippen LogP contribution in [0.2, 0.25) is 0 Å². The molecule has 2 amide bonds. The van der Waals surface area contributed by atoms with E-state index in [2.05, 4.69) is 22.5 Å². The summed E-state index contributed by atoms with van der Waals surface area (Å²) in [6.45, 7) is 6.55. The minimum Gasteiger partial charge on any atom is -0.388 e. The molecule has 2 aliphatic rings. The van der Waals surface area contributed by atoms with E-state index in [0.29, 0.717) is 13.1 Å². The summed E-state index contributed by atoms with van der Waals surface area (Å²) < 4.78 is 0. The lowest BCUT2D eigenvalue weighted by atomic mass is 10.0. The molecule has 2 rings (SSSR count). The Kier molecular flexibility index (Phi) is 5.66. The van der Waals surface area contributed by atoms with Gasteiger partial charge in [-0.2, -0.15) is 0 Å². The van der Waals surface area contributed by atoms with Crippen LogP contribution in [0.15, 0.2) is 0 Å². The van der Waals surface area contributed by atoms with Crippen LogP contribution in [0.1, 0.15) is 45.4 Å². The van der Waals surface area contributed by atoms with Crippen molar-refractivity contribution in [1.82, 2.24) is 15.5 Å². The van der Waals surface area contributed by atoms with E-state index < -0.39 is 5.60 Å². The average Bonchev–Trinajstić information content (AvgIpc) is 2.84. The van der Waals surface area contributed by atoms with Crippen molar-refractivity contribution in [3.05, 3.63) is 0 Å². The summed E-state index contributed by atoms with van der Waals surface area (Å²) in [5.41, 5.74) is -0.667. The molecule has 1 unspecified atom stereocenters. The topological polar surface area (TPSA) is 64.6 Å². The van der Waals surface area contributed by atoms with Gasteiger partial charge in [0, 0.05) is 26.2 Å². The molecule has 1 heterocycles. The number of urea groups is 1. The van der Waals surface area contributed by atoms with Crippen LogP contribution in [0.4, 0.5) is 4.79 Å². The van der Waals surface area contributed by atoms with Gasteiger partial charge in [-0.3, -0.25) is 0 Å². The van der Waals surface area contributed by atoms with Gasteiger partial charge >= 0.3 is 6.03 Å². The van der Waals surface area contributed by atoms with Gasteiger partial charge in [0.15, 0.2) is 0 Å². The fourth-order valence-electron chi connectivity index (χ4n) is 3.33. The number of carbonyl (C=O) groups excluding carboxylic acids is 1. The first kappa shape index (κ1) is 15.6. The molecule has 5 heteroatoms. The molecule has 0 aromatic heterocycles. The van der Waals surface area contributed by atoms with Crippen LogP contribution in [0.25, 0.3) is 0 Å². The molecule has 5 nitrogen and oxygen atoms in total. The number of nitrogens with one attached hydrogen (secondary N) is 2. The van der Waals surface area contributed by atoms with E-state index in [4.69, 9.17) is 0 Å². The van der Waals surface area contributed by atoms with Crippen LogP contribution in [-0.4, -0.2) is 54.4 Å². The third-order valence-corrected chi connectivity index (χ3v) is 4.57. The quantitative estimate of drug-likeness (QED) is 0.713. The highest BCUT2D eigenvalue weighted by Gasteiger charge is 2.31. The van der Waals surface area contributed by atoms with E-state index in [1.165, 1.54) is 12.8 Å². The summed E-state index contributed by atoms with van der Waals surface area (Å²) >= 11 is 0. The van der Waals surface area contributed by atoms with Crippen molar-refractivity contribution in [2.45, 2.75) is 51.0 Å². The SMILES string of the molecule is CC1CCCN(CCNC(=O)NCC2(O)CCCC2)C1. The lowest BCUT2D eigenvalue weighted by molar-refractivity contribution is 0.0501. The van der Waals surface area contributed by atoms with E-state index in [9.17, 15) is 9.90 Å². The zero-order chi connectivity index (χ0) is 14.4. The van der Waals surface area contributed by atoms with Crippen molar-refractivity contribution in [2.75, 3.05) is 32.7 Å². The van der Waals surface area contributed by atoms with Crippen LogP contribution in [0, 0.1) is 5.92 Å². The first-order valence-corrected chi connectivity index (χ1v) is 8.04. The summed E-state index contributed by atoms with van der Waals surface area (Å²) in [6.07, 6.45) is 6.32. The van der Waals surface area contributed by atoms with E-state index in [-0.39, 0.29) is 6.03 Å². The molecular formula is C15H29N3O2. The maximum atomic E-state index is 11.7. The summed E-state index contributed by atoms with van der Waals surface area (Å²) in [5.74, 6) is 0.772. The molecule has 0 radical (unpaired) electrons. The Morgan fingerprint density at radius 2 is 2.05 bits per heavy atom. The third-order valence-electron chi connectivity index (χ3n) is 4.57. The number of hydrogen-bond donors (Lipinski definition) is 3. The number of aliphatic hydroxyl groups is 1. The largest absolute Gasteiger partial charge is 0.388 e. The van der Waals surface area contributed by atoms with Gasteiger partial charge in [0.2, 0.25) is 0 Å². The minimum absolute atomic E-state index is 0.157. The highest BCUT2D eigenvalue weighted by atomic mass is 16.3. The Morgan fingerprint density at radius 1 is 1.30 bits per heavy atom. The van der Waals surface area contributed by atoms with E-state index in [1.807, 2.05) is 0 Å². The molecule has 0 aromatic rings. The zero-order valence-electron chi connectivity index (χ0n) is 12.7. The second kappa shape index (κ2) is 7.27. The maximum absolute atomic E-state index is 11.7. The van der Waals surface area contributed by atoms with Crippen LogP contribution in [0.3, 0.4) is 0 Å². The van der Waals surface area contributed by atoms with Gasteiger partial charge in [0.1, 0.15) is 0 Å². The molecule has 0 aromatic carbocycles. The Bertz CT molecular complexity index is 316. The summed E-state index contributed by atoms with van der Waals surface area (Å²) in [7, 11) is 0. The Hall–Kier alpha value is -0.810. The summed E-state index contributed by atoms with van der Waals surface area (Å²) in [6, 6.07) is -0.157. The van der Waals surface area contributed by atoms with Crippen molar-refractivity contribution < 1.29 is 9.90 Å². The highest BCUT2D eigenvalue weighted by molar-refractivity contribution is 5.73. The molecule has 2 fully saturated rings. The average molecular weight is 283 g/mol.